The topological polar surface area (TPSA) is 64.3 Å². The van der Waals surface area contributed by atoms with Crippen LogP contribution in [0, 0.1) is 6.92 Å². The zero-order valence-electron chi connectivity index (χ0n) is 9.73. The van der Waals surface area contributed by atoms with Crippen molar-refractivity contribution in [3.63, 3.8) is 0 Å². The van der Waals surface area contributed by atoms with Gasteiger partial charge in [-0.25, -0.2) is 0 Å². The van der Waals surface area contributed by atoms with Crippen LogP contribution in [0.2, 0.25) is 0 Å². The molecule has 0 aliphatic carbocycles. The number of benzene rings is 1. The van der Waals surface area contributed by atoms with Crippen LogP contribution >= 0.6 is 12.2 Å². The van der Waals surface area contributed by atoms with E-state index in [1.54, 1.807) is 0 Å². The number of ether oxygens (including phenoxy) is 1. The summed E-state index contributed by atoms with van der Waals surface area (Å²) in [4.78, 5) is 11.6. The molecule has 1 amide bonds. The minimum atomic E-state index is -0.120. The van der Waals surface area contributed by atoms with E-state index >= 15 is 0 Å². The lowest BCUT2D eigenvalue weighted by Gasteiger charge is -2.06. The van der Waals surface area contributed by atoms with Crippen LogP contribution < -0.4 is 15.8 Å². The van der Waals surface area contributed by atoms with Crippen molar-refractivity contribution in [2.24, 2.45) is 5.73 Å². The molecule has 0 spiro atoms. The number of thiocarbonyl (C=S) groups is 1. The molecule has 0 atom stereocenters. The number of aryl methyl sites for hydroxylation is 1. The molecular weight excluding hydrogens is 236 g/mol. The minimum Gasteiger partial charge on any atom is -0.493 e. The van der Waals surface area contributed by atoms with Gasteiger partial charge in [0.05, 0.1) is 24.6 Å². The summed E-state index contributed by atoms with van der Waals surface area (Å²) in [5.74, 6) is 0.641. The molecule has 0 saturated carbocycles. The fourth-order valence-corrected chi connectivity index (χ4v) is 1.24. The first-order valence-corrected chi connectivity index (χ1v) is 5.73. The fourth-order valence-electron chi connectivity index (χ4n) is 1.17. The van der Waals surface area contributed by atoms with E-state index in [2.05, 4.69) is 17.5 Å². The smallest absolute Gasteiger partial charge is 0.223 e. The zero-order valence-corrected chi connectivity index (χ0v) is 10.5. The average Bonchev–Trinajstić information content (AvgIpc) is 2.29. The quantitative estimate of drug-likeness (QED) is 0.746. The highest BCUT2D eigenvalue weighted by Gasteiger charge is 2.01. The van der Waals surface area contributed by atoms with Crippen LogP contribution in [0.5, 0.6) is 5.75 Å². The van der Waals surface area contributed by atoms with Gasteiger partial charge in [-0.05, 0) is 19.1 Å². The molecule has 1 rings (SSSR count). The second-order valence-electron chi connectivity index (χ2n) is 3.65. The Kier molecular flexibility index (Phi) is 5.42. The Morgan fingerprint density at radius 1 is 1.41 bits per heavy atom. The largest absolute Gasteiger partial charge is 0.493 e. The second-order valence-corrected chi connectivity index (χ2v) is 4.18. The first kappa shape index (κ1) is 13.4. The Morgan fingerprint density at radius 2 is 2.06 bits per heavy atom. The third-order valence-corrected chi connectivity index (χ3v) is 2.22. The number of nitrogens with two attached hydrogens (primary N) is 1. The lowest BCUT2D eigenvalue weighted by molar-refractivity contribution is -0.121. The lowest BCUT2D eigenvalue weighted by Crippen LogP contribution is -2.32. The van der Waals surface area contributed by atoms with Crippen molar-refractivity contribution >= 4 is 23.1 Å². The summed E-state index contributed by atoms with van der Waals surface area (Å²) in [6.45, 7) is 2.58. The van der Waals surface area contributed by atoms with E-state index in [0.29, 0.717) is 6.61 Å². The van der Waals surface area contributed by atoms with Gasteiger partial charge in [0.2, 0.25) is 5.91 Å². The summed E-state index contributed by atoms with van der Waals surface area (Å²) < 4.78 is 5.41. The fraction of sp³-hybridized carbons (Fsp3) is 0.333. The maximum atomic E-state index is 11.3. The van der Waals surface area contributed by atoms with E-state index in [9.17, 15) is 4.79 Å². The van der Waals surface area contributed by atoms with E-state index in [4.69, 9.17) is 10.5 Å². The Hall–Kier alpha value is -1.62. The van der Waals surface area contributed by atoms with Crippen molar-refractivity contribution in [2.75, 3.05) is 13.2 Å². The molecule has 0 radical (unpaired) electrons. The van der Waals surface area contributed by atoms with Crippen molar-refractivity contribution < 1.29 is 9.53 Å². The molecule has 5 heteroatoms. The van der Waals surface area contributed by atoms with Crippen LogP contribution in [0.1, 0.15) is 12.0 Å². The maximum Gasteiger partial charge on any atom is 0.223 e. The summed E-state index contributed by atoms with van der Waals surface area (Å²) in [6, 6.07) is 7.68. The summed E-state index contributed by atoms with van der Waals surface area (Å²) in [6.07, 6.45) is 0.288. The molecule has 0 aromatic heterocycles. The normalized spacial score (nSPS) is 9.71. The molecule has 0 heterocycles. The molecule has 17 heavy (non-hydrogen) atoms. The van der Waals surface area contributed by atoms with Gasteiger partial charge in [0.25, 0.3) is 0 Å². The molecular formula is C12H16N2O2S. The molecule has 0 bridgehead atoms. The van der Waals surface area contributed by atoms with E-state index < -0.39 is 0 Å². The molecule has 1 aromatic rings. The molecule has 0 aliphatic heterocycles. The van der Waals surface area contributed by atoms with Gasteiger partial charge in [0.1, 0.15) is 5.75 Å². The highest BCUT2D eigenvalue weighted by molar-refractivity contribution is 7.80. The van der Waals surface area contributed by atoms with E-state index in [0.717, 1.165) is 5.75 Å². The van der Waals surface area contributed by atoms with E-state index in [1.165, 1.54) is 5.56 Å². The number of carbonyl (C=O) groups is 1. The third-order valence-electron chi connectivity index (χ3n) is 2.08. The molecule has 4 nitrogen and oxygen atoms in total. The zero-order chi connectivity index (χ0) is 12.7. The second kappa shape index (κ2) is 6.85. The number of hydrogen-bond acceptors (Lipinski definition) is 3. The Morgan fingerprint density at radius 3 is 2.65 bits per heavy atom. The summed E-state index contributed by atoms with van der Waals surface area (Å²) in [7, 11) is 0. The minimum absolute atomic E-state index is 0.120. The van der Waals surface area contributed by atoms with E-state index in [1.807, 2.05) is 31.2 Å². The van der Waals surface area contributed by atoms with Gasteiger partial charge in [0.15, 0.2) is 0 Å². The number of amides is 1. The molecule has 0 fully saturated rings. The average molecular weight is 252 g/mol. The van der Waals surface area contributed by atoms with Crippen molar-refractivity contribution in [1.29, 1.82) is 0 Å². The van der Waals surface area contributed by atoms with Gasteiger partial charge >= 0.3 is 0 Å². The van der Waals surface area contributed by atoms with Gasteiger partial charge < -0.3 is 15.8 Å². The van der Waals surface area contributed by atoms with Crippen LogP contribution in [-0.4, -0.2) is 24.0 Å². The number of rotatable bonds is 6. The molecule has 3 N–H and O–H groups in total. The summed E-state index contributed by atoms with van der Waals surface area (Å²) in [5, 5.41) is 2.59. The predicted molar refractivity (Wildman–Crippen MR) is 71.1 cm³/mol. The van der Waals surface area contributed by atoms with Crippen molar-refractivity contribution in [3.05, 3.63) is 29.8 Å². The molecule has 92 valence electrons. The molecule has 0 unspecified atom stereocenters. The summed E-state index contributed by atoms with van der Waals surface area (Å²) in [5.41, 5.74) is 6.43. The van der Waals surface area contributed by atoms with Crippen LogP contribution in [0.4, 0.5) is 0 Å². The van der Waals surface area contributed by atoms with Crippen LogP contribution in [0.3, 0.4) is 0 Å². The van der Waals surface area contributed by atoms with Gasteiger partial charge in [0, 0.05) is 0 Å². The van der Waals surface area contributed by atoms with Gasteiger partial charge in [-0.3, -0.25) is 4.79 Å². The Bertz CT molecular complexity index is 390. The first-order chi connectivity index (χ1) is 8.08. The monoisotopic (exact) mass is 252 g/mol. The predicted octanol–water partition coefficient (Wildman–Crippen LogP) is 1.17. The van der Waals surface area contributed by atoms with Crippen molar-refractivity contribution in [1.82, 2.24) is 5.32 Å². The van der Waals surface area contributed by atoms with Gasteiger partial charge in [-0.1, -0.05) is 29.9 Å². The first-order valence-electron chi connectivity index (χ1n) is 5.32. The number of carbonyl (C=O) groups excluding carboxylic acids is 1. The standard InChI is InChI=1S/C12H16N2O2S/c1-9-2-4-10(5-3-9)16-7-6-12(15)14-8-11(13)17/h2-5H,6-8H2,1H3,(H2,13,17)(H,14,15). The van der Waals surface area contributed by atoms with Gasteiger partial charge in [-0.15, -0.1) is 0 Å². The third kappa shape index (κ3) is 5.87. The number of hydrogen-bond donors (Lipinski definition) is 2. The summed E-state index contributed by atoms with van der Waals surface area (Å²) >= 11 is 4.65. The molecule has 0 aliphatic rings. The van der Waals surface area contributed by atoms with Gasteiger partial charge in [-0.2, -0.15) is 0 Å². The maximum absolute atomic E-state index is 11.3. The number of nitrogens with one attached hydrogen (secondary N) is 1. The lowest BCUT2D eigenvalue weighted by atomic mass is 10.2. The highest BCUT2D eigenvalue weighted by Crippen LogP contribution is 2.11. The van der Waals surface area contributed by atoms with E-state index in [-0.39, 0.29) is 23.9 Å². The van der Waals surface area contributed by atoms with Crippen molar-refractivity contribution in [3.8, 4) is 5.75 Å². The van der Waals surface area contributed by atoms with Crippen LogP contribution in [0.15, 0.2) is 24.3 Å². The van der Waals surface area contributed by atoms with Crippen LogP contribution in [0.25, 0.3) is 0 Å². The highest BCUT2D eigenvalue weighted by atomic mass is 32.1. The SMILES string of the molecule is Cc1ccc(OCCC(=O)NCC(N)=S)cc1. The Labute approximate surface area is 106 Å². The molecule has 1 aromatic carbocycles. The molecule has 0 saturated heterocycles. The van der Waals surface area contributed by atoms with Crippen molar-refractivity contribution in [2.45, 2.75) is 13.3 Å². The van der Waals surface area contributed by atoms with Crippen LogP contribution in [-0.2, 0) is 4.79 Å². The Balaban J connectivity index is 2.21.